The maximum Gasteiger partial charge on any atom is 0.0544 e. The lowest BCUT2D eigenvalue weighted by Crippen LogP contribution is -2.16. The largest absolute Gasteiger partial charge is 0.309 e. The highest BCUT2D eigenvalue weighted by molar-refractivity contribution is 6.28. The molecular weight excluding hydrogens is 641 g/mol. The van der Waals surface area contributed by atoms with Crippen LogP contribution in [-0.2, 0) is 5.41 Å². The SMILES string of the molecule is CC1(C)c2c(ccc3c4ccccc4c4ccccc4c23)-c2ccc3c(c21)c1ccccc1n3-c1cccc(-n2c3ccccc3c3ccccc32)c1. The molecule has 0 radical (unpaired) electrons. The van der Waals surface area contributed by atoms with E-state index >= 15 is 0 Å². The maximum atomic E-state index is 2.49. The average Bonchev–Trinajstić information content (AvgIpc) is 3.81. The van der Waals surface area contributed by atoms with Gasteiger partial charge < -0.3 is 9.13 Å². The standard InChI is InChI=1S/C51H34N2/c1-51(2)49-40(27-26-39-35-18-4-3-16-33(35)34-17-5-6-21-38(34)47(39)49)41-28-29-46-48(50(41)51)42-22-9-12-25-45(42)53(46)32-15-13-14-31(30-32)52-43-23-10-7-19-36(43)37-20-8-11-24-44(37)52/h3-30H,1-2H3. The lowest BCUT2D eigenvalue weighted by atomic mass is 9.77. The van der Waals surface area contributed by atoms with Gasteiger partial charge in [0.1, 0.15) is 0 Å². The molecule has 2 nitrogen and oxygen atoms in total. The predicted octanol–water partition coefficient (Wildman–Crippen LogP) is 13.6. The molecule has 53 heavy (non-hydrogen) atoms. The summed E-state index contributed by atoms with van der Waals surface area (Å²) in [7, 11) is 0. The zero-order valence-electron chi connectivity index (χ0n) is 29.6. The first kappa shape index (κ1) is 29.0. The third-order valence-corrected chi connectivity index (χ3v) is 12.2. The van der Waals surface area contributed by atoms with Gasteiger partial charge in [0.05, 0.1) is 22.1 Å². The van der Waals surface area contributed by atoms with Crippen molar-refractivity contribution in [3.63, 3.8) is 0 Å². The minimum atomic E-state index is -0.241. The molecule has 0 fully saturated rings. The summed E-state index contributed by atoms with van der Waals surface area (Å²) < 4.78 is 4.90. The lowest BCUT2D eigenvalue weighted by Gasteiger charge is -2.25. The second-order valence-electron chi connectivity index (χ2n) is 15.3. The van der Waals surface area contributed by atoms with Gasteiger partial charge in [-0.2, -0.15) is 0 Å². The van der Waals surface area contributed by atoms with E-state index in [1.54, 1.807) is 0 Å². The molecule has 0 spiro atoms. The van der Waals surface area contributed by atoms with Crippen LogP contribution in [0.1, 0.15) is 25.0 Å². The third kappa shape index (κ3) is 3.67. The van der Waals surface area contributed by atoms with Crippen LogP contribution in [0.3, 0.4) is 0 Å². The highest BCUT2D eigenvalue weighted by Gasteiger charge is 2.40. The normalized spacial score (nSPS) is 13.6. The maximum absolute atomic E-state index is 2.49. The Hall–Kier alpha value is -6.64. The van der Waals surface area contributed by atoms with Crippen LogP contribution in [0, 0.1) is 0 Å². The number of para-hydroxylation sites is 3. The van der Waals surface area contributed by atoms with Gasteiger partial charge in [-0.3, -0.25) is 0 Å². The summed E-state index contributed by atoms with van der Waals surface area (Å²) in [4.78, 5) is 0. The van der Waals surface area contributed by atoms with E-state index in [4.69, 9.17) is 0 Å². The molecule has 0 N–H and O–H groups in total. The van der Waals surface area contributed by atoms with Crippen LogP contribution in [-0.4, -0.2) is 9.13 Å². The molecule has 2 heteroatoms. The molecule has 0 amide bonds. The molecule has 2 aromatic heterocycles. The molecule has 0 saturated carbocycles. The fourth-order valence-corrected chi connectivity index (χ4v) is 10.2. The van der Waals surface area contributed by atoms with E-state index < -0.39 is 0 Å². The minimum absolute atomic E-state index is 0.241. The Morgan fingerprint density at radius 1 is 0.321 bits per heavy atom. The van der Waals surface area contributed by atoms with Crippen molar-refractivity contribution >= 4 is 75.9 Å². The van der Waals surface area contributed by atoms with E-state index in [9.17, 15) is 0 Å². The van der Waals surface area contributed by atoms with E-state index in [2.05, 4.69) is 193 Å². The predicted molar refractivity (Wildman–Crippen MR) is 225 cm³/mol. The van der Waals surface area contributed by atoms with Crippen LogP contribution >= 0.6 is 0 Å². The van der Waals surface area contributed by atoms with E-state index in [0.29, 0.717) is 0 Å². The topological polar surface area (TPSA) is 9.86 Å². The number of hydrogen-bond acceptors (Lipinski definition) is 0. The Labute approximate surface area is 306 Å². The van der Waals surface area contributed by atoms with Crippen LogP contribution in [0.2, 0.25) is 0 Å². The van der Waals surface area contributed by atoms with Crippen LogP contribution in [0.15, 0.2) is 170 Å². The first-order chi connectivity index (χ1) is 26.1. The number of fused-ring (bicyclic) bond motifs is 17. The Bertz CT molecular complexity index is 3280. The Morgan fingerprint density at radius 3 is 1.34 bits per heavy atom. The van der Waals surface area contributed by atoms with Crippen molar-refractivity contribution in [2.24, 2.45) is 0 Å². The zero-order valence-corrected chi connectivity index (χ0v) is 29.6. The van der Waals surface area contributed by atoms with Gasteiger partial charge in [0, 0.05) is 38.3 Å². The van der Waals surface area contributed by atoms with Gasteiger partial charge in [-0.25, -0.2) is 0 Å². The van der Waals surface area contributed by atoms with Crippen molar-refractivity contribution in [2.75, 3.05) is 0 Å². The van der Waals surface area contributed by atoms with Gasteiger partial charge in [-0.1, -0.05) is 141 Å². The summed E-state index contributed by atoms with van der Waals surface area (Å²) in [5.41, 5.74) is 12.5. The van der Waals surface area contributed by atoms with Crippen molar-refractivity contribution < 1.29 is 0 Å². The highest BCUT2D eigenvalue weighted by Crippen LogP contribution is 2.56. The Balaban J connectivity index is 1.14. The molecule has 1 aliphatic rings. The number of benzene rings is 9. The summed E-state index contributed by atoms with van der Waals surface area (Å²) >= 11 is 0. The second-order valence-corrected chi connectivity index (χ2v) is 15.3. The van der Waals surface area contributed by atoms with Crippen LogP contribution in [0.5, 0.6) is 0 Å². The fourth-order valence-electron chi connectivity index (χ4n) is 10.2. The molecule has 248 valence electrons. The summed E-state index contributed by atoms with van der Waals surface area (Å²) in [6, 6.07) is 63.0. The molecule has 0 aliphatic heterocycles. The molecular formula is C51H34N2. The summed E-state index contributed by atoms with van der Waals surface area (Å²) in [6.45, 7) is 4.91. The van der Waals surface area contributed by atoms with E-state index in [1.165, 1.54) is 98.2 Å². The fraction of sp³-hybridized carbons (Fsp3) is 0.0588. The first-order valence-electron chi connectivity index (χ1n) is 18.6. The first-order valence-corrected chi connectivity index (χ1v) is 18.6. The highest BCUT2D eigenvalue weighted by atomic mass is 15.0. The monoisotopic (exact) mass is 674 g/mol. The van der Waals surface area contributed by atoms with Gasteiger partial charge >= 0.3 is 0 Å². The van der Waals surface area contributed by atoms with Gasteiger partial charge in [0.2, 0.25) is 0 Å². The summed E-state index contributed by atoms with van der Waals surface area (Å²) in [6.07, 6.45) is 0. The molecule has 11 aromatic rings. The number of hydrogen-bond donors (Lipinski definition) is 0. The van der Waals surface area contributed by atoms with Crippen LogP contribution in [0.4, 0.5) is 0 Å². The summed E-state index contributed by atoms with van der Waals surface area (Å²) in [5, 5.41) is 13.2. The Morgan fingerprint density at radius 2 is 0.736 bits per heavy atom. The molecule has 1 aliphatic carbocycles. The van der Waals surface area contributed by atoms with Crippen molar-refractivity contribution in [1.29, 1.82) is 0 Å². The second kappa shape index (κ2) is 10.2. The van der Waals surface area contributed by atoms with Crippen LogP contribution in [0.25, 0.3) is 98.4 Å². The lowest BCUT2D eigenvalue weighted by molar-refractivity contribution is 0.673. The molecule has 0 atom stereocenters. The smallest absolute Gasteiger partial charge is 0.0544 e. The summed E-state index contributed by atoms with van der Waals surface area (Å²) in [5.74, 6) is 0. The van der Waals surface area contributed by atoms with Crippen molar-refractivity contribution in [2.45, 2.75) is 19.3 Å². The molecule has 0 unspecified atom stereocenters. The van der Waals surface area contributed by atoms with Crippen molar-refractivity contribution in [1.82, 2.24) is 9.13 Å². The number of aromatic nitrogens is 2. The van der Waals surface area contributed by atoms with Gasteiger partial charge in [-0.05, 0) is 97.0 Å². The molecule has 0 bridgehead atoms. The van der Waals surface area contributed by atoms with Gasteiger partial charge in [0.15, 0.2) is 0 Å². The van der Waals surface area contributed by atoms with Crippen LogP contribution < -0.4 is 0 Å². The van der Waals surface area contributed by atoms with Crippen molar-refractivity contribution in [3.05, 3.63) is 181 Å². The minimum Gasteiger partial charge on any atom is -0.309 e. The van der Waals surface area contributed by atoms with E-state index in [0.717, 1.165) is 11.4 Å². The molecule has 2 heterocycles. The number of nitrogens with zero attached hydrogens (tertiary/aromatic N) is 2. The van der Waals surface area contributed by atoms with Gasteiger partial charge in [0.25, 0.3) is 0 Å². The molecule has 9 aromatic carbocycles. The Kier molecular flexibility index (Phi) is 5.60. The van der Waals surface area contributed by atoms with E-state index in [-0.39, 0.29) is 5.41 Å². The third-order valence-electron chi connectivity index (χ3n) is 12.2. The quantitative estimate of drug-likeness (QED) is 0.162. The van der Waals surface area contributed by atoms with E-state index in [1.807, 2.05) is 0 Å². The zero-order chi connectivity index (χ0) is 35.0. The molecule has 0 saturated heterocycles. The van der Waals surface area contributed by atoms with Crippen molar-refractivity contribution in [3.8, 4) is 22.5 Å². The number of rotatable bonds is 2. The molecule has 12 rings (SSSR count). The average molecular weight is 675 g/mol. The van der Waals surface area contributed by atoms with Gasteiger partial charge in [-0.15, -0.1) is 0 Å².